The van der Waals surface area contributed by atoms with Gasteiger partial charge in [0.15, 0.2) is 11.5 Å². The number of methoxy groups -OCH3 is 1. The summed E-state index contributed by atoms with van der Waals surface area (Å²) in [6.45, 7) is 1.95. The van der Waals surface area contributed by atoms with Crippen molar-refractivity contribution in [1.82, 2.24) is 20.9 Å². The van der Waals surface area contributed by atoms with Crippen LogP contribution in [0.5, 0.6) is 11.5 Å². The Morgan fingerprint density at radius 2 is 1.84 bits per heavy atom. The largest absolute Gasteiger partial charge is 1.00 e. The number of amides is 1. The molecule has 166 valence electrons. The van der Waals surface area contributed by atoms with Crippen LogP contribution in [0.3, 0.4) is 0 Å². The molecule has 1 aromatic heterocycles. The molecule has 0 bridgehead atoms. The zero-order chi connectivity index (χ0) is 21.3. The highest BCUT2D eigenvalue weighted by molar-refractivity contribution is 6.30. The number of halogens is 2. The number of anilines is 1. The van der Waals surface area contributed by atoms with E-state index in [-0.39, 0.29) is 23.9 Å². The first-order valence-electron chi connectivity index (χ1n) is 9.18. The molecular weight excluding hydrogens is 445 g/mol. The molecule has 3 aromatic rings. The molecule has 1 heterocycles. The third-order valence-electron chi connectivity index (χ3n) is 4.18. The highest BCUT2D eigenvalue weighted by Gasteiger charge is 2.14. The number of carbonyl (C=O) groups is 1. The maximum absolute atomic E-state index is 11.8. The van der Waals surface area contributed by atoms with E-state index in [1.165, 1.54) is 0 Å². The number of rotatable bonds is 10. The van der Waals surface area contributed by atoms with Crippen LogP contribution >= 0.6 is 11.6 Å². The summed E-state index contributed by atoms with van der Waals surface area (Å²) in [7, 11) is 1.60. The SMILES string of the molecule is COc1cc(CNCCNC(=O)c2nonc2N)ccc1OCc1ccc(Cl)cc1.[Cl-]. The molecular formula is C20H22Cl2N5O4-. The minimum absolute atomic E-state index is 0. The van der Waals surface area contributed by atoms with Gasteiger partial charge < -0.3 is 38.2 Å². The quantitative estimate of drug-likeness (QED) is 0.339. The molecule has 0 saturated carbocycles. The van der Waals surface area contributed by atoms with Crippen molar-refractivity contribution in [2.24, 2.45) is 0 Å². The van der Waals surface area contributed by atoms with E-state index in [4.69, 9.17) is 26.8 Å². The molecule has 9 nitrogen and oxygen atoms in total. The molecule has 31 heavy (non-hydrogen) atoms. The van der Waals surface area contributed by atoms with Crippen molar-refractivity contribution in [2.45, 2.75) is 13.2 Å². The van der Waals surface area contributed by atoms with Gasteiger partial charge in [-0.25, -0.2) is 4.63 Å². The van der Waals surface area contributed by atoms with Crippen molar-refractivity contribution in [3.05, 3.63) is 64.3 Å². The molecule has 11 heteroatoms. The first-order valence-corrected chi connectivity index (χ1v) is 9.55. The third-order valence-corrected chi connectivity index (χ3v) is 4.43. The predicted molar refractivity (Wildman–Crippen MR) is 112 cm³/mol. The summed E-state index contributed by atoms with van der Waals surface area (Å²) in [5.74, 6) is 0.832. The maximum Gasteiger partial charge on any atom is 0.277 e. The van der Waals surface area contributed by atoms with Crippen LogP contribution in [0, 0.1) is 0 Å². The van der Waals surface area contributed by atoms with Gasteiger partial charge in [-0.3, -0.25) is 4.79 Å². The van der Waals surface area contributed by atoms with Crippen molar-refractivity contribution in [3.63, 3.8) is 0 Å². The van der Waals surface area contributed by atoms with E-state index in [0.29, 0.717) is 42.8 Å². The number of hydrogen-bond donors (Lipinski definition) is 3. The fourth-order valence-corrected chi connectivity index (χ4v) is 2.74. The summed E-state index contributed by atoms with van der Waals surface area (Å²) in [5.41, 5.74) is 7.48. The molecule has 0 saturated heterocycles. The van der Waals surface area contributed by atoms with Crippen molar-refractivity contribution >= 4 is 23.3 Å². The lowest BCUT2D eigenvalue weighted by atomic mass is 10.2. The van der Waals surface area contributed by atoms with E-state index >= 15 is 0 Å². The van der Waals surface area contributed by atoms with E-state index < -0.39 is 5.91 Å². The lowest BCUT2D eigenvalue weighted by molar-refractivity contribution is -0.0000155. The fraction of sp³-hybridized carbons (Fsp3) is 0.250. The number of nitrogens with one attached hydrogen (secondary N) is 2. The Balaban J connectivity index is 0.00000341. The monoisotopic (exact) mass is 466 g/mol. The van der Waals surface area contributed by atoms with Gasteiger partial charge in [0.2, 0.25) is 11.5 Å². The maximum atomic E-state index is 11.8. The van der Waals surface area contributed by atoms with Crippen LogP contribution in [-0.4, -0.2) is 36.4 Å². The summed E-state index contributed by atoms with van der Waals surface area (Å²) in [4.78, 5) is 11.8. The van der Waals surface area contributed by atoms with Crippen LogP contribution in [0.4, 0.5) is 5.82 Å². The van der Waals surface area contributed by atoms with Crippen LogP contribution in [0.2, 0.25) is 5.02 Å². The summed E-state index contributed by atoms with van der Waals surface area (Å²) < 4.78 is 15.7. The number of ether oxygens (including phenoxy) is 2. The van der Waals surface area contributed by atoms with Gasteiger partial charge in [-0.15, -0.1) is 0 Å². The molecule has 0 aliphatic rings. The first kappa shape index (κ1) is 24.3. The fourth-order valence-electron chi connectivity index (χ4n) is 2.62. The molecule has 0 aliphatic carbocycles. The lowest BCUT2D eigenvalue weighted by Gasteiger charge is -2.13. The van der Waals surface area contributed by atoms with Crippen molar-refractivity contribution in [2.75, 3.05) is 25.9 Å². The normalized spacial score (nSPS) is 10.3. The zero-order valence-electron chi connectivity index (χ0n) is 16.7. The topological polar surface area (TPSA) is 125 Å². The second-order valence-corrected chi connectivity index (χ2v) is 6.77. The van der Waals surface area contributed by atoms with Crippen LogP contribution in [0.1, 0.15) is 21.6 Å². The lowest BCUT2D eigenvalue weighted by Crippen LogP contribution is -3.00. The van der Waals surface area contributed by atoms with E-state index in [1.54, 1.807) is 7.11 Å². The molecule has 0 radical (unpaired) electrons. The molecule has 4 N–H and O–H groups in total. The number of hydrogen-bond acceptors (Lipinski definition) is 8. The standard InChI is InChI=1S/C20H22ClN5O4.ClH/c1-28-17-10-14(4-7-16(17)29-12-13-2-5-15(21)6-3-13)11-23-8-9-24-20(27)18-19(22)26-30-25-18;/h2-7,10,23H,8-9,11-12H2,1H3,(H2,22,26)(H,24,27);1H/p-1. The van der Waals surface area contributed by atoms with Crippen LogP contribution in [-0.2, 0) is 13.2 Å². The summed E-state index contributed by atoms with van der Waals surface area (Å²) in [5, 5.41) is 13.4. The Bertz CT molecular complexity index is 982. The highest BCUT2D eigenvalue weighted by Crippen LogP contribution is 2.29. The molecule has 0 spiro atoms. The molecule has 2 aromatic carbocycles. The summed E-state index contributed by atoms with van der Waals surface area (Å²) in [6.07, 6.45) is 0. The Morgan fingerprint density at radius 3 is 2.52 bits per heavy atom. The first-order chi connectivity index (χ1) is 14.6. The van der Waals surface area contributed by atoms with Gasteiger partial charge in [0, 0.05) is 24.7 Å². The molecule has 0 unspecified atom stereocenters. The Morgan fingerprint density at radius 1 is 1.10 bits per heavy atom. The van der Waals surface area contributed by atoms with Gasteiger partial charge in [0.1, 0.15) is 6.61 Å². The summed E-state index contributed by atoms with van der Waals surface area (Å²) >= 11 is 5.90. The smallest absolute Gasteiger partial charge is 0.277 e. The van der Waals surface area contributed by atoms with Crippen molar-refractivity contribution in [3.8, 4) is 11.5 Å². The second-order valence-electron chi connectivity index (χ2n) is 6.33. The van der Waals surface area contributed by atoms with Gasteiger partial charge in [0.05, 0.1) is 7.11 Å². The third kappa shape index (κ3) is 7.02. The number of nitrogen functional groups attached to an aromatic ring is 1. The van der Waals surface area contributed by atoms with E-state index in [9.17, 15) is 4.79 Å². The molecule has 1 amide bonds. The van der Waals surface area contributed by atoms with E-state index in [0.717, 1.165) is 11.1 Å². The average Bonchev–Trinajstić information content (AvgIpc) is 3.19. The molecule has 0 aliphatic heterocycles. The number of nitrogens with zero attached hydrogens (tertiary/aromatic N) is 2. The number of aromatic nitrogens is 2. The Hall–Kier alpha value is -3.01. The number of benzene rings is 2. The molecule has 0 fully saturated rings. The van der Waals surface area contributed by atoms with E-state index in [2.05, 4.69) is 25.6 Å². The van der Waals surface area contributed by atoms with Crippen LogP contribution in [0.25, 0.3) is 0 Å². The number of carbonyl (C=O) groups excluding carboxylic acids is 1. The van der Waals surface area contributed by atoms with E-state index in [1.807, 2.05) is 42.5 Å². The van der Waals surface area contributed by atoms with Gasteiger partial charge in [0.25, 0.3) is 5.91 Å². The molecule has 3 rings (SSSR count). The minimum Gasteiger partial charge on any atom is -1.00 e. The van der Waals surface area contributed by atoms with Crippen molar-refractivity contribution < 1.29 is 31.3 Å². The Kier molecular flexibility index (Phi) is 9.39. The van der Waals surface area contributed by atoms with Gasteiger partial charge in [-0.2, -0.15) is 0 Å². The minimum atomic E-state index is -0.431. The van der Waals surface area contributed by atoms with Crippen molar-refractivity contribution in [1.29, 1.82) is 0 Å². The molecule has 0 atom stereocenters. The van der Waals surface area contributed by atoms with Gasteiger partial charge >= 0.3 is 0 Å². The van der Waals surface area contributed by atoms with Crippen LogP contribution < -0.4 is 38.2 Å². The predicted octanol–water partition coefficient (Wildman–Crippen LogP) is -0.584. The summed E-state index contributed by atoms with van der Waals surface area (Å²) in [6, 6.07) is 13.2. The van der Waals surface area contributed by atoms with Crippen LogP contribution in [0.15, 0.2) is 47.1 Å². The zero-order valence-corrected chi connectivity index (χ0v) is 18.2. The van der Waals surface area contributed by atoms with Gasteiger partial charge in [-0.1, -0.05) is 29.8 Å². The number of nitrogens with two attached hydrogens (primary N) is 1. The van der Waals surface area contributed by atoms with Gasteiger partial charge in [-0.05, 0) is 45.7 Å². The average molecular weight is 467 g/mol. The second kappa shape index (κ2) is 12.0. The highest BCUT2D eigenvalue weighted by atomic mass is 35.5. The Labute approximate surface area is 190 Å².